The van der Waals surface area contributed by atoms with Gasteiger partial charge in [-0.25, -0.2) is 8.42 Å². The van der Waals surface area contributed by atoms with Crippen LogP contribution < -0.4 is 0 Å². The van der Waals surface area contributed by atoms with Gasteiger partial charge in [-0.05, 0) is 25.0 Å². The zero-order valence-electron chi connectivity index (χ0n) is 11.1. The van der Waals surface area contributed by atoms with Gasteiger partial charge in [0.2, 0.25) is 10.0 Å². The third kappa shape index (κ3) is 2.38. The van der Waals surface area contributed by atoms with E-state index in [1.807, 2.05) is 6.07 Å². The number of pyridine rings is 1. The molecule has 2 heterocycles. The molecule has 1 fully saturated rings. The fraction of sp³-hybridized carbons (Fsp3) is 0.286. The number of aliphatic carboxylic acids is 1. The highest BCUT2D eigenvalue weighted by Gasteiger charge is 2.39. The Morgan fingerprint density at radius 2 is 2.10 bits per heavy atom. The van der Waals surface area contributed by atoms with E-state index in [0.717, 1.165) is 4.31 Å². The second kappa shape index (κ2) is 5.09. The molecule has 0 aliphatic carbocycles. The van der Waals surface area contributed by atoms with Crippen LogP contribution in [0.3, 0.4) is 0 Å². The lowest BCUT2D eigenvalue weighted by molar-refractivity contribution is -0.140. The van der Waals surface area contributed by atoms with E-state index in [2.05, 4.69) is 4.98 Å². The lowest BCUT2D eigenvalue weighted by Crippen LogP contribution is -2.40. The molecule has 1 aliphatic heterocycles. The van der Waals surface area contributed by atoms with Crippen molar-refractivity contribution < 1.29 is 18.3 Å². The molecule has 0 radical (unpaired) electrons. The number of carboxylic acid groups (broad SMARTS) is 1. The summed E-state index contributed by atoms with van der Waals surface area (Å²) in [7, 11) is -3.83. The Hall–Kier alpha value is -1.99. The highest BCUT2D eigenvalue weighted by Crippen LogP contribution is 2.27. The fourth-order valence-electron chi connectivity index (χ4n) is 2.60. The molecule has 1 aromatic heterocycles. The SMILES string of the molecule is O=C(O)[C@H]1CCCN1S(=O)(=O)c1cnc2ccccc2c1. The van der Waals surface area contributed by atoms with Crippen LogP contribution in [0.5, 0.6) is 0 Å². The molecule has 0 spiro atoms. The van der Waals surface area contributed by atoms with Gasteiger partial charge in [0.1, 0.15) is 10.9 Å². The van der Waals surface area contributed by atoms with Gasteiger partial charge in [-0.15, -0.1) is 0 Å². The summed E-state index contributed by atoms with van der Waals surface area (Å²) >= 11 is 0. The molecule has 1 aromatic carbocycles. The number of para-hydroxylation sites is 1. The number of fused-ring (bicyclic) bond motifs is 1. The van der Waals surface area contributed by atoms with E-state index in [4.69, 9.17) is 5.11 Å². The maximum absolute atomic E-state index is 12.6. The monoisotopic (exact) mass is 306 g/mol. The maximum atomic E-state index is 12.6. The van der Waals surface area contributed by atoms with Gasteiger partial charge in [-0.2, -0.15) is 4.31 Å². The number of sulfonamides is 1. The normalized spacial score (nSPS) is 19.9. The third-order valence-corrected chi connectivity index (χ3v) is 5.53. The Kier molecular flexibility index (Phi) is 3.38. The molecule has 1 saturated heterocycles. The Bertz CT molecular complexity index is 803. The molecule has 0 bridgehead atoms. The van der Waals surface area contributed by atoms with Gasteiger partial charge < -0.3 is 5.11 Å². The summed E-state index contributed by atoms with van der Waals surface area (Å²) in [5.74, 6) is -1.11. The zero-order chi connectivity index (χ0) is 15.0. The molecular formula is C14H14N2O4S. The van der Waals surface area contributed by atoms with Crippen LogP contribution in [0, 0.1) is 0 Å². The van der Waals surface area contributed by atoms with Crippen LogP contribution in [0.15, 0.2) is 41.4 Å². The smallest absolute Gasteiger partial charge is 0.322 e. The van der Waals surface area contributed by atoms with Crippen LogP contribution in [0.1, 0.15) is 12.8 Å². The van der Waals surface area contributed by atoms with Crippen LogP contribution in [-0.4, -0.2) is 41.4 Å². The van der Waals surface area contributed by atoms with Gasteiger partial charge in [0.05, 0.1) is 5.52 Å². The number of rotatable bonds is 3. The summed E-state index contributed by atoms with van der Waals surface area (Å²) in [6.45, 7) is 0.228. The molecule has 0 amide bonds. The molecule has 2 aromatic rings. The van der Waals surface area contributed by atoms with Crippen LogP contribution >= 0.6 is 0 Å². The molecule has 1 aliphatic rings. The largest absolute Gasteiger partial charge is 0.480 e. The molecule has 110 valence electrons. The lowest BCUT2D eigenvalue weighted by Gasteiger charge is -2.20. The highest BCUT2D eigenvalue weighted by atomic mass is 32.2. The number of hydrogen-bond donors (Lipinski definition) is 1. The Labute approximate surface area is 122 Å². The van der Waals surface area contributed by atoms with Gasteiger partial charge in [0.15, 0.2) is 0 Å². The standard InChI is InChI=1S/C14H14N2O4S/c17-14(18)13-6-3-7-16(13)21(19,20)11-8-10-4-1-2-5-12(10)15-9-11/h1-2,4-5,8-9,13H,3,6-7H2,(H,17,18)/t13-/m1/s1. The molecule has 6 nitrogen and oxygen atoms in total. The first-order chi connectivity index (χ1) is 10.00. The first-order valence-electron chi connectivity index (χ1n) is 6.59. The minimum absolute atomic E-state index is 0.0364. The van der Waals surface area contributed by atoms with Gasteiger partial charge in [0.25, 0.3) is 0 Å². The van der Waals surface area contributed by atoms with Gasteiger partial charge in [-0.1, -0.05) is 18.2 Å². The quantitative estimate of drug-likeness (QED) is 0.928. The molecule has 1 atom stereocenters. The summed E-state index contributed by atoms with van der Waals surface area (Å²) < 4.78 is 26.3. The average molecular weight is 306 g/mol. The first kappa shape index (κ1) is 14.0. The molecule has 1 N–H and O–H groups in total. The molecule has 21 heavy (non-hydrogen) atoms. The Balaban J connectivity index is 2.05. The van der Waals surface area contributed by atoms with Crippen LogP contribution in [0.4, 0.5) is 0 Å². The molecule has 3 rings (SSSR count). The minimum Gasteiger partial charge on any atom is -0.480 e. The van der Waals surface area contributed by atoms with E-state index in [-0.39, 0.29) is 11.4 Å². The summed E-state index contributed by atoms with van der Waals surface area (Å²) in [6.07, 6.45) is 2.18. The van der Waals surface area contributed by atoms with E-state index in [1.165, 1.54) is 12.3 Å². The lowest BCUT2D eigenvalue weighted by atomic mass is 10.2. The highest BCUT2D eigenvalue weighted by molar-refractivity contribution is 7.89. The topological polar surface area (TPSA) is 87.6 Å². The predicted octanol–water partition coefficient (Wildman–Crippen LogP) is 1.47. The maximum Gasteiger partial charge on any atom is 0.322 e. The van der Waals surface area contributed by atoms with E-state index in [1.54, 1.807) is 18.2 Å². The number of carbonyl (C=O) groups is 1. The van der Waals surface area contributed by atoms with E-state index < -0.39 is 22.0 Å². The van der Waals surface area contributed by atoms with Crippen molar-refractivity contribution >= 4 is 26.9 Å². The number of nitrogens with zero attached hydrogens (tertiary/aromatic N) is 2. The zero-order valence-corrected chi connectivity index (χ0v) is 12.0. The van der Waals surface area contributed by atoms with Crippen molar-refractivity contribution in [1.29, 1.82) is 0 Å². The summed E-state index contributed by atoms with van der Waals surface area (Å²) in [4.78, 5) is 15.4. The molecular weight excluding hydrogens is 292 g/mol. The van der Waals surface area contributed by atoms with Crippen molar-refractivity contribution in [2.75, 3.05) is 6.54 Å². The summed E-state index contributed by atoms with van der Waals surface area (Å²) in [5, 5.41) is 9.86. The number of hydrogen-bond acceptors (Lipinski definition) is 4. The van der Waals surface area contributed by atoms with Gasteiger partial charge >= 0.3 is 5.97 Å². The number of carboxylic acids is 1. The number of aromatic nitrogens is 1. The Morgan fingerprint density at radius 1 is 1.33 bits per heavy atom. The van der Waals surface area contributed by atoms with Crippen molar-refractivity contribution in [2.24, 2.45) is 0 Å². The molecule has 7 heteroatoms. The van der Waals surface area contributed by atoms with Crippen LogP contribution in [0.2, 0.25) is 0 Å². The van der Waals surface area contributed by atoms with E-state index >= 15 is 0 Å². The minimum atomic E-state index is -3.83. The fourth-order valence-corrected chi connectivity index (χ4v) is 4.23. The van der Waals surface area contributed by atoms with Gasteiger partial charge in [0, 0.05) is 18.1 Å². The van der Waals surface area contributed by atoms with E-state index in [9.17, 15) is 13.2 Å². The Morgan fingerprint density at radius 3 is 2.86 bits per heavy atom. The number of benzene rings is 1. The van der Waals surface area contributed by atoms with Crippen molar-refractivity contribution in [3.63, 3.8) is 0 Å². The van der Waals surface area contributed by atoms with E-state index in [0.29, 0.717) is 23.7 Å². The second-order valence-electron chi connectivity index (χ2n) is 4.98. The predicted molar refractivity (Wildman–Crippen MR) is 76.3 cm³/mol. The van der Waals surface area contributed by atoms with Crippen molar-refractivity contribution in [1.82, 2.24) is 9.29 Å². The molecule has 0 saturated carbocycles. The average Bonchev–Trinajstić information content (AvgIpc) is 2.97. The van der Waals surface area contributed by atoms with Gasteiger partial charge in [-0.3, -0.25) is 9.78 Å². The van der Waals surface area contributed by atoms with Crippen LogP contribution in [-0.2, 0) is 14.8 Å². The van der Waals surface area contributed by atoms with Crippen molar-refractivity contribution in [2.45, 2.75) is 23.8 Å². The van der Waals surface area contributed by atoms with Crippen LogP contribution in [0.25, 0.3) is 10.9 Å². The van der Waals surface area contributed by atoms with Crippen molar-refractivity contribution in [3.8, 4) is 0 Å². The van der Waals surface area contributed by atoms with Crippen molar-refractivity contribution in [3.05, 3.63) is 36.5 Å². The third-order valence-electron chi connectivity index (χ3n) is 3.66. The first-order valence-corrected chi connectivity index (χ1v) is 8.03. The second-order valence-corrected chi connectivity index (χ2v) is 6.87. The summed E-state index contributed by atoms with van der Waals surface area (Å²) in [6, 6.07) is 7.75. The summed E-state index contributed by atoms with van der Waals surface area (Å²) in [5.41, 5.74) is 0.702. The molecule has 0 unspecified atom stereocenters.